The molecule has 35 heavy (non-hydrogen) atoms. The zero-order valence-electron chi connectivity index (χ0n) is 21.2. The molecule has 2 atom stereocenters. The maximum Gasteiger partial charge on any atom is 0.239 e. The molecule has 2 aromatic rings. The summed E-state index contributed by atoms with van der Waals surface area (Å²) in [5, 5.41) is 12.8. The van der Waals surface area contributed by atoms with E-state index in [4.69, 9.17) is 0 Å². The second kappa shape index (κ2) is 12.1. The van der Waals surface area contributed by atoms with E-state index < -0.39 is 10.8 Å². The van der Waals surface area contributed by atoms with Crippen molar-refractivity contribution >= 4 is 46.2 Å². The van der Waals surface area contributed by atoms with Crippen molar-refractivity contribution < 1.29 is 14.7 Å². The number of hydrogen-bond donors (Lipinski definition) is 2. The van der Waals surface area contributed by atoms with Crippen molar-refractivity contribution in [2.75, 3.05) is 27.2 Å². The number of aryl methyl sites for hydroxylation is 1. The number of likely N-dealkylation sites (tertiary alicyclic amines) is 1. The van der Waals surface area contributed by atoms with Crippen LogP contribution in [0.4, 0.5) is 0 Å². The lowest BCUT2D eigenvalue weighted by Gasteiger charge is -2.38. The highest BCUT2D eigenvalue weighted by atomic mass is 127. The van der Waals surface area contributed by atoms with Crippen LogP contribution in [0.2, 0.25) is 0 Å². The number of aliphatic hydroxyl groups is 1. The van der Waals surface area contributed by atoms with Crippen molar-refractivity contribution in [3.05, 3.63) is 62.7 Å². The van der Waals surface area contributed by atoms with Gasteiger partial charge >= 0.3 is 0 Å². The van der Waals surface area contributed by atoms with E-state index in [2.05, 4.69) is 32.8 Å². The van der Waals surface area contributed by atoms with Gasteiger partial charge in [-0.25, -0.2) is 0 Å². The molecule has 0 aliphatic carbocycles. The summed E-state index contributed by atoms with van der Waals surface area (Å²) in [5.74, 6) is -0.125. The van der Waals surface area contributed by atoms with Gasteiger partial charge in [0.2, 0.25) is 11.8 Å². The van der Waals surface area contributed by atoms with Gasteiger partial charge in [-0.1, -0.05) is 29.8 Å². The Labute approximate surface area is 227 Å². The van der Waals surface area contributed by atoms with E-state index in [0.717, 1.165) is 38.1 Å². The van der Waals surface area contributed by atoms with Crippen molar-refractivity contribution in [1.82, 2.24) is 15.1 Å². The summed E-state index contributed by atoms with van der Waals surface area (Å²) in [7, 11) is 4.03. The van der Waals surface area contributed by atoms with Crippen LogP contribution in [-0.4, -0.2) is 64.7 Å². The summed E-state index contributed by atoms with van der Waals surface area (Å²) in [6.07, 6.45) is 0.963. The fraction of sp³-hybridized carbons (Fsp3) is 0.481. The van der Waals surface area contributed by atoms with Gasteiger partial charge in [0.15, 0.2) is 0 Å². The second-order valence-corrected chi connectivity index (χ2v) is 12.3. The molecule has 2 amide bonds. The Morgan fingerprint density at radius 1 is 1.26 bits per heavy atom. The molecule has 0 aromatic heterocycles. The van der Waals surface area contributed by atoms with Crippen LogP contribution < -0.4 is 5.32 Å². The summed E-state index contributed by atoms with van der Waals surface area (Å²) >= 11 is 3.75. The van der Waals surface area contributed by atoms with Crippen LogP contribution in [0.1, 0.15) is 49.4 Å². The first-order chi connectivity index (χ1) is 16.6. The third-order valence-electron chi connectivity index (χ3n) is 6.29. The molecular formula is C27H36IN3O3S. The number of aliphatic hydroxyl groups excluding tert-OH is 1. The molecule has 0 spiro atoms. The monoisotopic (exact) mass is 609 g/mol. The number of rotatable bonds is 10. The largest absolute Gasteiger partial charge is 0.392 e. The zero-order valence-corrected chi connectivity index (χ0v) is 24.2. The minimum atomic E-state index is -1.02. The molecule has 1 aliphatic rings. The lowest BCUT2D eigenvalue weighted by Crippen LogP contribution is -2.49. The van der Waals surface area contributed by atoms with Gasteiger partial charge in [-0.15, -0.1) is 11.8 Å². The van der Waals surface area contributed by atoms with Gasteiger partial charge in [-0.3, -0.25) is 9.59 Å². The predicted octanol–water partition coefficient (Wildman–Crippen LogP) is 4.37. The first kappa shape index (κ1) is 28.0. The number of halogens is 1. The number of thioether (sulfide) groups is 1. The summed E-state index contributed by atoms with van der Waals surface area (Å²) in [5.41, 5.74) is 2.89. The minimum Gasteiger partial charge on any atom is -0.392 e. The molecule has 6 nitrogen and oxygen atoms in total. The molecule has 8 heteroatoms. The van der Waals surface area contributed by atoms with E-state index in [1.54, 1.807) is 0 Å². The smallest absolute Gasteiger partial charge is 0.239 e. The fourth-order valence-electron chi connectivity index (χ4n) is 4.57. The van der Waals surface area contributed by atoms with E-state index in [1.807, 2.05) is 82.2 Å². The Morgan fingerprint density at radius 3 is 2.51 bits per heavy atom. The van der Waals surface area contributed by atoms with Gasteiger partial charge in [-0.05, 0) is 99.7 Å². The number of nitrogens with one attached hydrogen (secondary N) is 1. The standard InChI is InChI=1S/C27H36IN3O3S/c1-18(2)31-24(33)16-27(26(34)29-13-6-14-30(4)5,35-21-10-7-19(3)8-11-21)25(31)22-12-9-20(17-32)15-23(22)28/h7-12,15,18,25,32H,6,13-14,16-17H2,1-5H3,(H,29,34)/t25-,27-/m1/s1. The highest BCUT2D eigenvalue weighted by Crippen LogP contribution is 2.54. The number of carbonyl (C=O) groups excluding carboxylic acids is 2. The van der Waals surface area contributed by atoms with Gasteiger partial charge < -0.3 is 20.2 Å². The average molecular weight is 610 g/mol. The normalized spacial score (nSPS) is 20.2. The molecule has 1 aliphatic heterocycles. The lowest BCUT2D eigenvalue weighted by molar-refractivity contribution is -0.130. The second-order valence-electron chi connectivity index (χ2n) is 9.71. The van der Waals surface area contributed by atoms with Gasteiger partial charge in [0.25, 0.3) is 0 Å². The van der Waals surface area contributed by atoms with Crippen LogP contribution in [0.15, 0.2) is 47.4 Å². The maximum absolute atomic E-state index is 14.0. The van der Waals surface area contributed by atoms with Crippen LogP contribution in [-0.2, 0) is 16.2 Å². The van der Waals surface area contributed by atoms with Crippen molar-refractivity contribution in [1.29, 1.82) is 0 Å². The first-order valence-corrected chi connectivity index (χ1v) is 13.9. The molecule has 190 valence electrons. The Hall–Kier alpha value is -1.62. The third kappa shape index (κ3) is 6.39. The van der Waals surface area contributed by atoms with E-state index in [0.29, 0.717) is 6.54 Å². The Balaban J connectivity index is 2.10. The van der Waals surface area contributed by atoms with Crippen LogP contribution in [0, 0.1) is 10.5 Å². The summed E-state index contributed by atoms with van der Waals surface area (Å²) in [6.45, 7) is 7.41. The highest BCUT2D eigenvalue weighted by molar-refractivity contribution is 14.1. The minimum absolute atomic E-state index is 0.0184. The molecule has 2 N–H and O–H groups in total. The lowest BCUT2D eigenvalue weighted by atomic mass is 9.90. The average Bonchev–Trinajstić information content (AvgIpc) is 3.10. The number of benzene rings is 2. The molecular weight excluding hydrogens is 573 g/mol. The van der Waals surface area contributed by atoms with Crippen LogP contribution in [0.25, 0.3) is 0 Å². The Morgan fingerprint density at radius 2 is 1.94 bits per heavy atom. The third-order valence-corrected chi connectivity index (χ3v) is 8.65. The predicted molar refractivity (Wildman–Crippen MR) is 150 cm³/mol. The SMILES string of the molecule is Cc1ccc(S[C@]2(C(=O)NCCCN(C)C)CC(=O)N(C(C)C)[C@@H]2c2ccc(CO)cc2I)cc1. The first-order valence-electron chi connectivity index (χ1n) is 12.0. The van der Waals surface area contributed by atoms with Crippen LogP contribution >= 0.6 is 34.4 Å². The summed E-state index contributed by atoms with van der Waals surface area (Å²) in [6, 6.07) is 13.4. The van der Waals surface area contributed by atoms with E-state index >= 15 is 0 Å². The molecule has 0 saturated carbocycles. The van der Waals surface area contributed by atoms with Crippen molar-refractivity contribution in [3.8, 4) is 0 Å². The van der Waals surface area contributed by atoms with Gasteiger partial charge in [0.05, 0.1) is 19.1 Å². The number of amides is 2. The molecule has 0 unspecified atom stereocenters. The topological polar surface area (TPSA) is 72.9 Å². The molecule has 1 fully saturated rings. The van der Waals surface area contributed by atoms with E-state index in [9.17, 15) is 14.7 Å². The van der Waals surface area contributed by atoms with Crippen molar-refractivity contribution in [2.24, 2.45) is 0 Å². The van der Waals surface area contributed by atoms with Crippen molar-refractivity contribution in [2.45, 2.75) is 61.9 Å². The number of nitrogens with zero attached hydrogens (tertiary/aromatic N) is 2. The van der Waals surface area contributed by atoms with E-state index in [-0.39, 0.29) is 30.9 Å². The van der Waals surface area contributed by atoms with Crippen LogP contribution in [0.5, 0.6) is 0 Å². The van der Waals surface area contributed by atoms with E-state index in [1.165, 1.54) is 11.8 Å². The summed E-state index contributed by atoms with van der Waals surface area (Å²) < 4.78 is -0.0798. The molecule has 3 rings (SSSR count). The highest BCUT2D eigenvalue weighted by Gasteiger charge is 2.58. The molecule has 1 saturated heterocycles. The summed E-state index contributed by atoms with van der Waals surface area (Å²) in [4.78, 5) is 32.5. The fourth-order valence-corrected chi connectivity index (χ4v) is 6.85. The zero-order chi connectivity index (χ0) is 25.8. The Kier molecular flexibility index (Phi) is 9.65. The van der Waals surface area contributed by atoms with Gasteiger partial charge in [0, 0.05) is 21.1 Å². The van der Waals surface area contributed by atoms with Gasteiger partial charge in [0.1, 0.15) is 4.75 Å². The Bertz CT molecular complexity index is 1040. The van der Waals surface area contributed by atoms with Crippen molar-refractivity contribution in [3.63, 3.8) is 0 Å². The van der Waals surface area contributed by atoms with Crippen LogP contribution in [0.3, 0.4) is 0 Å². The number of hydrogen-bond acceptors (Lipinski definition) is 5. The molecule has 0 radical (unpaired) electrons. The molecule has 1 heterocycles. The molecule has 0 bridgehead atoms. The number of carbonyl (C=O) groups is 2. The maximum atomic E-state index is 14.0. The quantitative estimate of drug-likeness (QED) is 0.309. The van der Waals surface area contributed by atoms with Gasteiger partial charge in [-0.2, -0.15) is 0 Å². The molecule has 2 aromatic carbocycles.